The van der Waals surface area contributed by atoms with Gasteiger partial charge in [-0.1, -0.05) is 30.3 Å². The van der Waals surface area contributed by atoms with Crippen molar-refractivity contribution < 1.29 is 9.53 Å². The van der Waals surface area contributed by atoms with Gasteiger partial charge in [-0.3, -0.25) is 9.48 Å². The molecule has 0 saturated carbocycles. The van der Waals surface area contributed by atoms with Crippen LogP contribution < -0.4 is 4.74 Å². The first-order valence-electron chi connectivity index (χ1n) is 5.42. The number of benzene rings is 1. The molecule has 4 heteroatoms. The zero-order valence-corrected chi connectivity index (χ0v) is 9.67. The Morgan fingerprint density at radius 1 is 1.35 bits per heavy atom. The fourth-order valence-electron chi connectivity index (χ4n) is 1.47. The van der Waals surface area contributed by atoms with Crippen LogP contribution in [-0.4, -0.2) is 15.6 Å². The largest absolute Gasteiger partial charge is 0.486 e. The van der Waals surface area contributed by atoms with E-state index in [0.717, 1.165) is 5.56 Å². The lowest BCUT2D eigenvalue weighted by Gasteiger charge is -2.02. The number of nitrogens with zero attached hydrogens (tertiary/aromatic N) is 2. The third-order valence-corrected chi connectivity index (χ3v) is 2.24. The number of carbonyl (C=O) groups is 1. The monoisotopic (exact) mass is 230 g/mol. The number of ether oxygens (including phenoxy) is 1. The molecule has 0 amide bonds. The maximum Gasteiger partial charge on any atom is 0.157 e. The van der Waals surface area contributed by atoms with Crippen molar-refractivity contribution in [2.24, 2.45) is 0 Å². The first-order valence-corrected chi connectivity index (χ1v) is 5.42. The topological polar surface area (TPSA) is 44.1 Å². The lowest BCUT2D eigenvalue weighted by atomic mass is 10.2. The van der Waals surface area contributed by atoms with Crippen LogP contribution in [0.2, 0.25) is 0 Å². The van der Waals surface area contributed by atoms with Crippen molar-refractivity contribution in [3.63, 3.8) is 0 Å². The average molecular weight is 230 g/mol. The second-order valence-corrected chi connectivity index (χ2v) is 3.85. The van der Waals surface area contributed by atoms with E-state index < -0.39 is 0 Å². The van der Waals surface area contributed by atoms with E-state index in [1.165, 1.54) is 6.92 Å². The molecule has 17 heavy (non-hydrogen) atoms. The van der Waals surface area contributed by atoms with Gasteiger partial charge in [-0.25, -0.2) is 0 Å². The highest BCUT2D eigenvalue weighted by atomic mass is 16.5. The number of aromatic nitrogens is 2. The fourth-order valence-corrected chi connectivity index (χ4v) is 1.47. The van der Waals surface area contributed by atoms with Gasteiger partial charge in [-0.05, 0) is 12.5 Å². The van der Waals surface area contributed by atoms with Crippen molar-refractivity contribution in [2.75, 3.05) is 0 Å². The Hall–Kier alpha value is -2.10. The Balaban J connectivity index is 1.91. The highest BCUT2D eigenvalue weighted by molar-refractivity contribution is 5.75. The third-order valence-electron chi connectivity index (χ3n) is 2.24. The fraction of sp³-hybridized carbons (Fsp3) is 0.231. The number of hydrogen-bond acceptors (Lipinski definition) is 3. The van der Waals surface area contributed by atoms with Crippen LogP contribution in [0.25, 0.3) is 0 Å². The summed E-state index contributed by atoms with van der Waals surface area (Å²) < 4.78 is 7.13. The summed E-state index contributed by atoms with van der Waals surface area (Å²) in [5.41, 5.74) is 1.10. The van der Waals surface area contributed by atoms with Gasteiger partial charge >= 0.3 is 0 Å². The Kier molecular flexibility index (Phi) is 3.55. The van der Waals surface area contributed by atoms with Gasteiger partial charge in [0.25, 0.3) is 0 Å². The van der Waals surface area contributed by atoms with Gasteiger partial charge in [0.15, 0.2) is 11.5 Å². The molecule has 0 bridgehead atoms. The summed E-state index contributed by atoms with van der Waals surface area (Å²) in [6.07, 6.45) is 3.34. The van der Waals surface area contributed by atoms with Crippen LogP contribution in [0.1, 0.15) is 12.5 Å². The van der Waals surface area contributed by atoms with Crippen LogP contribution in [0.15, 0.2) is 42.7 Å². The van der Waals surface area contributed by atoms with Crippen LogP contribution in [0.3, 0.4) is 0 Å². The molecule has 4 nitrogen and oxygen atoms in total. The summed E-state index contributed by atoms with van der Waals surface area (Å²) in [7, 11) is 0. The van der Waals surface area contributed by atoms with Crippen molar-refractivity contribution in [3.05, 3.63) is 48.3 Å². The van der Waals surface area contributed by atoms with Crippen LogP contribution in [0.5, 0.6) is 5.75 Å². The molecule has 0 N–H and O–H groups in total. The minimum absolute atomic E-state index is 0.0720. The summed E-state index contributed by atoms with van der Waals surface area (Å²) >= 11 is 0. The average Bonchev–Trinajstić information content (AvgIpc) is 2.75. The highest BCUT2D eigenvalue weighted by Crippen LogP contribution is 2.11. The van der Waals surface area contributed by atoms with E-state index in [4.69, 9.17) is 4.74 Å². The van der Waals surface area contributed by atoms with Crippen LogP contribution in [0, 0.1) is 0 Å². The van der Waals surface area contributed by atoms with E-state index >= 15 is 0 Å². The lowest BCUT2D eigenvalue weighted by Crippen LogP contribution is -2.05. The first kappa shape index (κ1) is 11.4. The smallest absolute Gasteiger partial charge is 0.157 e. The number of hydrogen-bond donors (Lipinski definition) is 0. The van der Waals surface area contributed by atoms with Gasteiger partial charge in [0.2, 0.25) is 0 Å². The molecule has 2 rings (SSSR count). The first-order chi connectivity index (χ1) is 8.24. The third kappa shape index (κ3) is 3.45. The Morgan fingerprint density at radius 2 is 2.12 bits per heavy atom. The Morgan fingerprint density at radius 3 is 2.82 bits per heavy atom. The van der Waals surface area contributed by atoms with Crippen molar-refractivity contribution in [2.45, 2.75) is 20.1 Å². The molecule has 1 aromatic heterocycles. The molecule has 0 aliphatic rings. The van der Waals surface area contributed by atoms with E-state index in [-0.39, 0.29) is 12.3 Å². The van der Waals surface area contributed by atoms with Gasteiger partial charge in [0.1, 0.15) is 6.61 Å². The normalized spacial score (nSPS) is 10.2. The van der Waals surface area contributed by atoms with Gasteiger partial charge in [0.05, 0.1) is 18.9 Å². The molecule has 0 radical (unpaired) electrons. The second kappa shape index (κ2) is 5.30. The van der Waals surface area contributed by atoms with E-state index in [1.807, 2.05) is 30.3 Å². The SMILES string of the molecule is CC(=O)Cn1cc(OCc2ccccc2)cn1. The molecule has 1 heterocycles. The zero-order valence-electron chi connectivity index (χ0n) is 9.67. The molecule has 1 aromatic carbocycles. The molecule has 0 saturated heterocycles. The Bertz CT molecular complexity index is 491. The highest BCUT2D eigenvalue weighted by Gasteiger charge is 2.01. The molecule has 0 aliphatic heterocycles. The molecular formula is C13H14N2O2. The van der Waals surface area contributed by atoms with Crippen LogP contribution in [-0.2, 0) is 17.9 Å². The van der Waals surface area contributed by atoms with Crippen molar-refractivity contribution >= 4 is 5.78 Å². The van der Waals surface area contributed by atoms with Crippen molar-refractivity contribution in [1.29, 1.82) is 0 Å². The number of rotatable bonds is 5. The Labute approximate surface area is 99.8 Å². The summed E-state index contributed by atoms with van der Waals surface area (Å²) in [6.45, 7) is 2.33. The molecular weight excluding hydrogens is 216 g/mol. The van der Waals surface area contributed by atoms with E-state index in [9.17, 15) is 4.79 Å². The molecule has 0 atom stereocenters. The van der Waals surface area contributed by atoms with E-state index in [1.54, 1.807) is 17.1 Å². The number of Topliss-reactive ketones (excluding diaryl/α,β-unsaturated/α-hetero) is 1. The number of ketones is 1. The summed E-state index contributed by atoms with van der Waals surface area (Å²) in [5.74, 6) is 0.748. The summed E-state index contributed by atoms with van der Waals surface area (Å²) in [4.78, 5) is 10.9. The quantitative estimate of drug-likeness (QED) is 0.789. The molecule has 88 valence electrons. The van der Waals surface area contributed by atoms with Crippen LogP contribution >= 0.6 is 0 Å². The molecule has 2 aromatic rings. The zero-order chi connectivity index (χ0) is 12.1. The molecule has 0 aliphatic carbocycles. The summed E-state index contributed by atoms with van der Waals surface area (Å²) in [5, 5.41) is 4.04. The summed E-state index contributed by atoms with van der Waals surface area (Å²) in [6, 6.07) is 9.91. The van der Waals surface area contributed by atoms with E-state index in [2.05, 4.69) is 5.10 Å². The standard InChI is InChI=1S/C13H14N2O2/c1-11(16)8-15-9-13(7-14-15)17-10-12-5-3-2-4-6-12/h2-7,9H,8,10H2,1H3. The second-order valence-electron chi connectivity index (χ2n) is 3.85. The van der Waals surface area contributed by atoms with Crippen LogP contribution in [0.4, 0.5) is 0 Å². The number of carbonyl (C=O) groups excluding carboxylic acids is 1. The van der Waals surface area contributed by atoms with Crippen molar-refractivity contribution in [1.82, 2.24) is 9.78 Å². The van der Waals surface area contributed by atoms with Gasteiger partial charge < -0.3 is 4.74 Å². The lowest BCUT2D eigenvalue weighted by molar-refractivity contribution is -0.117. The predicted molar refractivity (Wildman–Crippen MR) is 63.7 cm³/mol. The van der Waals surface area contributed by atoms with E-state index in [0.29, 0.717) is 12.4 Å². The van der Waals surface area contributed by atoms with Crippen molar-refractivity contribution in [3.8, 4) is 5.75 Å². The molecule has 0 unspecified atom stereocenters. The van der Waals surface area contributed by atoms with Gasteiger partial charge in [-0.15, -0.1) is 0 Å². The maximum atomic E-state index is 10.9. The maximum absolute atomic E-state index is 10.9. The van der Waals surface area contributed by atoms with Gasteiger partial charge in [-0.2, -0.15) is 5.10 Å². The minimum atomic E-state index is 0.0720. The predicted octanol–water partition coefficient (Wildman–Crippen LogP) is 2.05. The molecule has 0 fully saturated rings. The minimum Gasteiger partial charge on any atom is -0.486 e. The van der Waals surface area contributed by atoms with Gasteiger partial charge in [0, 0.05) is 0 Å². The molecule has 0 spiro atoms.